The van der Waals surface area contributed by atoms with E-state index < -0.39 is 0 Å². The van der Waals surface area contributed by atoms with Crippen LogP contribution in [0.1, 0.15) is 18.1 Å². The predicted octanol–water partition coefficient (Wildman–Crippen LogP) is 5.57. The highest BCUT2D eigenvalue weighted by molar-refractivity contribution is 5.93. The monoisotopic (exact) mass is 480 g/mol. The van der Waals surface area contributed by atoms with Gasteiger partial charge in [0.05, 0.1) is 19.9 Å². The van der Waals surface area contributed by atoms with Gasteiger partial charge >= 0.3 is 0 Å². The van der Waals surface area contributed by atoms with Gasteiger partial charge in [-0.25, -0.2) is 4.68 Å². The van der Waals surface area contributed by atoms with E-state index in [1.807, 2.05) is 66.7 Å². The number of aromatic amines is 1. The van der Waals surface area contributed by atoms with E-state index in [0.29, 0.717) is 29.3 Å². The lowest BCUT2D eigenvalue weighted by atomic mass is 10.1. The first kappa shape index (κ1) is 23.2. The fourth-order valence-electron chi connectivity index (χ4n) is 4.25. The first-order valence-corrected chi connectivity index (χ1v) is 11.9. The number of nitrogens with zero attached hydrogens (tertiary/aromatic N) is 2. The molecule has 2 aromatic heterocycles. The first-order valence-electron chi connectivity index (χ1n) is 11.9. The van der Waals surface area contributed by atoms with Gasteiger partial charge in [0.2, 0.25) is 0 Å². The zero-order chi connectivity index (χ0) is 25.1. The van der Waals surface area contributed by atoms with Crippen LogP contribution in [0.4, 0.5) is 5.69 Å². The lowest BCUT2D eigenvalue weighted by Gasteiger charge is -2.09. The van der Waals surface area contributed by atoms with Crippen molar-refractivity contribution in [2.75, 3.05) is 19.5 Å². The number of para-hydroxylation sites is 1. The second-order valence-corrected chi connectivity index (χ2v) is 8.46. The molecule has 0 radical (unpaired) electrons. The summed E-state index contributed by atoms with van der Waals surface area (Å²) in [5.41, 5.74) is 5.78. The van der Waals surface area contributed by atoms with Crippen LogP contribution in [-0.2, 0) is 13.0 Å². The van der Waals surface area contributed by atoms with Crippen LogP contribution in [0.15, 0.2) is 83.7 Å². The number of rotatable bonds is 8. The van der Waals surface area contributed by atoms with E-state index in [4.69, 9.17) is 14.6 Å². The smallest absolute Gasteiger partial charge is 0.254 e. The van der Waals surface area contributed by atoms with Gasteiger partial charge in [0.25, 0.3) is 5.56 Å². The number of aromatic nitrogens is 3. The van der Waals surface area contributed by atoms with Gasteiger partial charge in [0.15, 0.2) is 11.5 Å². The van der Waals surface area contributed by atoms with Crippen molar-refractivity contribution in [1.82, 2.24) is 14.8 Å². The van der Waals surface area contributed by atoms with Gasteiger partial charge < -0.3 is 19.8 Å². The Labute approximate surface area is 209 Å². The number of methoxy groups -OCH3 is 2. The maximum absolute atomic E-state index is 13.1. The summed E-state index contributed by atoms with van der Waals surface area (Å²) in [5.74, 6) is 1.25. The van der Waals surface area contributed by atoms with Crippen molar-refractivity contribution < 1.29 is 9.47 Å². The third-order valence-corrected chi connectivity index (χ3v) is 6.27. The molecule has 5 rings (SSSR count). The summed E-state index contributed by atoms with van der Waals surface area (Å²) in [6.07, 6.45) is 0.987. The summed E-state index contributed by atoms with van der Waals surface area (Å²) in [6.45, 7) is 2.52. The van der Waals surface area contributed by atoms with Gasteiger partial charge in [-0.1, -0.05) is 37.3 Å². The molecule has 3 aromatic carbocycles. The number of nitrogens with one attached hydrogen (secondary N) is 2. The van der Waals surface area contributed by atoms with E-state index in [0.717, 1.165) is 34.4 Å². The highest BCUT2D eigenvalue weighted by Crippen LogP contribution is 2.35. The molecule has 0 atom stereocenters. The highest BCUT2D eigenvalue weighted by Gasteiger charge is 2.18. The van der Waals surface area contributed by atoms with E-state index in [-0.39, 0.29) is 5.56 Å². The number of benzene rings is 3. The molecule has 182 valence electrons. The normalized spacial score (nSPS) is 11.0. The van der Waals surface area contributed by atoms with E-state index in [1.54, 1.807) is 18.9 Å². The van der Waals surface area contributed by atoms with Crippen LogP contribution in [0.5, 0.6) is 11.5 Å². The molecule has 0 saturated heterocycles. The maximum atomic E-state index is 13.1. The van der Waals surface area contributed by atoms with Crippen LogP contribution in [0.2, 0.25) is 0 Å². The molecule has 7 nitrogen and oxygen atoms in total. The van der Waals surface area contributed by atoms with Crippen molar-refractivity contribution in [3.63, 3.8) is 0 Å². The SMILES string of the molecule is CCc1ccc(NCc2cc3c(-c4ccc(OC)c(OC)c4)nn(-c4ccccc4)c3[nH]c2=O)cc1. The van der Waals surface area contributed by atoms with Crippen LogP contribution in [0.25, 0.3) is 28.0 Å². The number of hydrogen-bond donors (Lipinski definition) is 2. The molecule has 0 amide bonds. The summed E-state index contributed by atoms with van der Waals surface area (Å²) in [5, 5.41) is 9.11. The van der Waals surface area contributed by atoms with Gasteiger partial charge in [-0.3, -0.25) is 4.79 Å². The van der Waals surface area contributed by atoms with Crippen molar-refractivity contribution >= 4 is 16.7 Å². The number of H-pyrrole nitrogens is 1. The molecule has 0 fully saturated rings. The standard InChI is InChI=1S/C29H28N4O3/c1-4-19-10-13-22(14-11-19)30-18-21-16-24-27(20-12-15-25(35-2)26(17-20)36-3)32-33(28(24)31-29(21)34)23-8-6-5-7-9-23/h5-17,30H,4,18H2,1-3H3,(H,31,34). The lowest BCUT2D eigenvalue weighted by molar-refractivity contribution is 0.355. The fraction of sp³-hybridized carbons (Fsp3) is 0.172. The molecule has 7 heteroatoms. The summed E-state index contributed by atoms with van der Waals surface area (Å²) in [4.78, 5) is 16.2. The largest absolute Gasteiger partial charge is 0.493 e. The number of aryl methyl sites for hydroxylation is 1. The summed E-state index contributed by atoms with van der Waals surface area (Å²) in [6, 6.07) is 25.6. The number of pyridine rings is 1. The molecule has 0 unspecified atom stereocenters. The molecule has 2 heterocycles. The molecule has 0 saturated carbocycles. The van der Waals surface area contributed by atoms with Crippen molar-refractivity contribution in [1.29, 1.82) is 0 Å². The summed E-state index contributed by atoms with van der Waals surface area (Å²) < 4.78 is 12.7. The Morgan fingerprint density at radius 2 is 1.67 bits per heavy atom. The summed E-state index contributed by atoms with van der Waals surface area (Å²) >= 11 is 0. The van der Waals surface area contributed by atoms with Crippen LogP contribution in [-0.4, -0.2) is 29.0 Å². The zero-order valence-corrected chi connectivity index (χ0v) is 20.5. The minimum absolute atomic E-state index is 0.156. The van der Waals surface area contributed by atoms with Crippen molar-refractivity contribution in [3.05, 3.63) is 100 Å². The van der Waals surface area contributed by atoms with Crippen molar-refractivity contribution in [2.24, 2.45) is 0 Å². The van der Waals surface area contributed by atoms with Crippen LogP contribution < -0.4 is 20.3 Å². The molecule has 0 aliphatic carbocycles. The van der Waals surface area contributed by atoms with E-state index in [9.17, 15) is 4.79 Å². The minimum Gasteiger partial charge on any atom is -0.493 e. The predicted molar refractivity (Wildman–Crippen MR) is 143 cm³/mol. The van der Waals surface area contributed by atoms with E-state index in [2.05, 4.69) is 29.4 Å². The quantitative estimate of drug-likeness (QED) is 0.303. The molecule has 0 aliphatic rings. The number of fused-ring (bicyclic) bond motifs is 1. The van der Waals surface area contributed by atoms with Crippen molar-refractivity contribution in [3.8, 4) is 28.4 Å². The van der Waals surface area contributed by atoms with Gasteiger partial charge in [-0.15, -0.1) is 0 Å². The van der Waals surface area contributed by atoms with Gasteiger partial charge in [0.1, 0.15) is 11.3 Å². The Kier molecular flexibility index (Phi) is 6.45. The van der Waals surface area contributed by atoms with Crippen LogP contribution in [0, 0.1) is 0 Å². The highest BCUT2D eigenvalue weighted by atomic mass is 16.5. The van der Waals surface area contributed by atoms with Gasteiger partial charge in [0, 0.05) is 28.7 Å². The Morgan fingerprint density at radius 1 is 0.917 bits per heavy atom. The second-order valence-electron chi connectivity index (χ2n) is 8.46. The molecule has 36 heavy (non-hydrogen) atoms. The third-order valence-electron chi connectivity index (χ3n) is 6.27. The molecular formula is C29H28N4O3. The molecule has 0 aliphatic heterocycles. The molecule has 0 spiro atoms. The number of anilines is 1. The third kappa shape index (κ3) is 4.43. The average Bonchev–Trinajstić information content (AvgIpc) is 3.30. The first-order chi connectivity index (χ1) is 17.6. The Morgan fingerprint density at radius 3 is 2.36 bits per heavy atom. The average molecular weight is 481 g/mol. The van der Waals surface area contributed by atoms with Gasteiger partial charge in [-0.05, 0) is 60.5 Å². The molecule has 0 bridgehead atoms. The van der Waals surface area contributed by atoms with E-state index in [1.165, 1.54) is 5.56 Å². The van der Waals surface area contributed by atoms with Crippen molar-refractivity contribution in [2.45, 2.75) is 19.9 Å². The fourth-order valence-corrected chi connectivity index (χ4v) is 4.25. The Bertz CT molecular complexity index is 1550. The lowest BCUT2D eigenvalue weighted by Crippen LogP contribution is -2.16. The topological polar surface area (TPSA) is 81.2 Å². The van der Waals surface area contributed by atoms with Crippen LogP contribution in [0.3, 0.4) is 0 Å². The zero-order valence-electron chi connectivity index (χ0n) is 20.5. The summed E-state index contributed by atoms with van der Waals surface area (Å²) in [7, 11) is 3.22. The Balaban J connectivity index is 1.61. The maximum Gasteiger partial charge on any atom is 0.254 e. The molecular weight excluding hydrogens is 452 g/mol. The Hall–Kier alpha value is -4.52. The second kappa shape index (κ2) is 10.00. The minimum atomic E-state index is -0.156. The molecule has 2 N–H and O–H groups in total. The number of ether oxygens (including phenoxy) is 2. The molecule has 5 aromatic rings. The van der Waals surface area contributed by atoms with Crippen LogP contribution >= 0.6 is 0 Å². The van der Waals surface area contributed by atoms with Gasteiger partial charge in [-0.2, -0.15) is 5.10 Å². The number of hydrogen-bond acceptors (Lipinski definition) is 5. The van der Waals surface area contributed by atoms with E-state index >= 15 is 0 Å².